The van der Waals surface area contributed by atoms with E-state index in [9.17, 15) is 0 Å². The Hall–Kier alpha value is -1.36. The van der Waals surface area contributed by atoms with Crippen LogP contribution in [0, 0.1) is 0 Å². The summed E-state index contributed by atoms with van der Waals surface area (Å²) in [5.74, 6) is 1.54. The lowest BCUT2D eigenvalue weighted by Gasteiger charge is -2.05. The molecule has 3 N–H and O–H groups in total. The molecule has 0 aliphatic heterocycles. The van der Waals surface area contributed by atoms with Crippen molar-refractivity contribution in [3.05, 3.63) is 12.4 Å². The average Bonchev–Trinajstić information content (AvgIpc) is 2.29. The van der Waals surface area contributed by atoms with Gasteiger partial charge < -0.3 is 15.7 Å². The molecular formula is C10H18N4O. The normalized spacial score (nSPS) is 10.0. The number of hydrogen-bond acceptors (Lipinski definition) is 5. The third kappa shape index (κ3) is 4.60. The predicted molar refractivity (Wildman–Crippen MR) is 61.0 cm³/mol. The minimum Gasteiger partial charge on any atom is -0.396 e. The van der Waals surface area contributed by atoms with E-state index in [4.69, 9.17) is 5.11 Å². The SMILES string of the molecule is CNc1cncc(NCCCCCO)n1. The fraction of sp³-hybridized carbons (Fsp3) is 0.600. The molecule has 1 aromatic rings. The summed E-state index contributed by atoms with van der Waals surface area (Å²) >= 11 is 0. The molecule has 84 valence electrons. The zero-order chi connectivity index (χ0) is 10.9. The van der Waals surface area contributed by atoms with Crippen molar-refractivity contribution in [3.63, 3.8) is 0 Å². The molecular weight excluding hydrogens is 192 g/mol. The molecule has 0 amide bonds. The van der Waals surface area contributed by atoms with Gasteiger partial charge in [0.05, 0.1) is 12.4 Å². The molecule has 0 saturated heterocycles. The van der Waals surface area contributed by atoms with Gasteiger partial charge in [-0.05, 0) is 19.3 Å². The zero-order valence-corrected chi connectivity index (χ0v) is 9.03. The van der Waals surface area contributed by atoms with Crippen LogP contribution in [0.5, 0.6) is 0 Å². The lowest BCUT2D eigenvalue weighted by molar-refractivity contribution is 0.283. The lowest BCUT2D eigenvalue weighted by atomic mass is 10.2. The molecule has 0 aliphatic rings. The minimum atomic E-state index is 0.273. The number of unbranched alkanes of at least 4 members (excludes halogenated alkanes) is 2. The molecule has 5 heteroatoms. The molecule has 5 nitrogen and oxygen atoms in total. The summed E-state index contributed by atoms with van der Waals surface area (Å²) in [6.45, 7) is 1.14. The third-order valence-electron chi connectivity index (χ3n) is 2.03. The fourth-order valence-electron chi connectivity index (χ4n) is 1.20. The maximum absolute atomic E-state index is 8.60. The van der Waals surface area contributed by atoms with E-state index in [0.29, 0.717) is 0 Å². The third-order valence-corrected chi connectivity index (χ3v) is 2.03. The van der Waals surface area contributed by atoms with Crippen molar-refractivity contribution in [3.8, 4) is 0 Å². The number of nitrogens with one attached hydrogen (secondary N) is 2. The van der Waals surface area contributed by atoms with Gasteiger partial charge in [-0.3, -0.25) is 4.98 Å². The van der Waals surface area contributed by atoms with Crippen molar-refractivity contribution in [2.75, 3.05) is 30.8 Å². The number of rotatable bonds is 7. The molecule has 0 aliphatic carbocycles. The van der Waals surface area contributed by atoms with E-state index >= 15 is 0 Å². The molecule has 1 aromatic heterocycles. The summed E-state index contributed by atoms with van der Waals surface area (Å²) in [5.41, 5.74) is 0. The largest absolute Gasteiger partial charge is 0.396 e. The Bertz CT molecular complexity index is 280. The van der Waals surface area contributed by atoms with Gasteiger partial charge >= 0.3 is 0 Å². The quantitative estimate of drug-likeness (QED) is 0.588. The lowest BCUT2D eigenvalue weighted by Crippen LogP contribution is -2.05. The van der Waals surface area contributed by atoms with Gasteiger partial charge in [-0.15, -0.1) is 0 Å². The molecule has 1 rings (SSSR count). The monoisotopic (exact) mass is 210 g/mol. The van der Waals surface area contributed by atoms with Crippen LogP contribution in [-0.2, 0) is 0 Å². The molecule has 0 fully saturated rings. The smallest absolute Gasteiger partial charge is 0.146 e. The Labute approximate surface area is 90.0 Å². The van der Waals surface area contributed by atoms with Crippen LogP contribution in [0.1, 0.15) is 19.3 Å². The van der Waals surface area contributed by atoms with E-state index in [2.05, 4.69) is 20.6 Å². The van der Waals surface area contributed by atoms with Gasteiger partial charge in [-0.1, -0.05) is 0 Å². The molecule has 0 bridgehead atoms. The van der Waals surface area contributed by atoms with E-state index in [0.717, 1.165) is 37.4 Å². The Morgan fingerprint density at radius 1 is 1.20 bits per heavy atom. The van der Waals surface area contributed by atoms with Crippen LogP contribution < -0.4 is 10.6 Å². The Balaban J connectivity index is 2.24. The highest BCUT2D eigenvalue weighted by molar-refractivity contribution is 5.40. The average molecular weight is 210 g/mol. The highest BCUT2D eigenvalue weighted by atomic mass is 16.2. The molecule has 15 heavy (non-hydrogen) atoms. The highest BCUT2D eigenvalue weighted by Crippen LogP contribution is 2.05. The maximum Gasteiger partial charge on any atom is 0.146 e. The first kappa shape index (κ1) is 11.7. The van der Waals surface area contributed by atoms with Crippen LogP contribution in [0.25, 0.3) is 0 Å². The summed E-state index contributed by atoms with van der Waals surface area (Å²) in [6.07, 6.45) is 6.31. The summed E-state index contributed by atoms with van der Waals surface area (Å²) in [4.78, 5) is 8.32. The number of aliphatic hydroxyl groups is 1. The van der Waals surface area contributed by atoms with Crippen LogP contribution in [0.2, 0.25) is 0 Å². The second-order valence-electron chi connectivity index (χ2n) is 3.25. The first-order chi connectivity index (χ1) is 7.36. The minimum absolute atomic E-state index is 0.273. The number of hydrogen-bond donors (Lipinski definition) is 3. The van der Waals surface area contributed by atoms with Crippen molar-refractivity contribution in [1.82, 2.24) is 9.97 Å². The van der Waals surface area contributed by atoms with Crippen molar-refractivity contribution in [1.29, 1.82) is 0 Å². The first-order valence-electron chi connectivity index (χ1n) is 5.21. The standard InChI is InChI=1S/C10H18N4O/c1-11-9-7-12-8-10(14-9)13-5-3-2-4-6-15/h7-8,15H,2-6H2,1H3,(H2,11,13,14). The van der Waals surface area contributed by atoms with Gasteiger partial charge in [0.25, 0.3) is 0 Å². The fourth-order valence-corrected chi connectivity index (χ4v) is 1.20. The Morgan fingerprint density at radius 3 is 2.73 bits per heavy atom. The van der Waals surface area contributed by atoms with Crippen LogP contribution in [0.15, 0.2) is 12.4 Å². The molecule has 0 spiro atoms. The van der Waals surface area contributed by atoms with Gasteiger partial charge in [-0.2, -0.15) is 0 Å². The molecule has 0 unspecified atom stereocenters. The van der Waals surface area contributed by atoms with Gasteiger partial charge in [-0.25, -0.2) is 4.98 Å². The molecule has 0 saturated carbocycles. The topological polar surface area (TPSA) is 70.1 Å². The van der Waals surface area contributed by atoms with Crippen LogP contribution in [0.3, 0.4) is 0 Å². The van der Waals surface area contributed by atoms with Crippen LogP contribution in [0.4, 0.5) is 11.6 Å². The predicted octanol–water partition coefficient (Wildman–Crippen LogP) is 1.09. The molecule has 0 atom stereocenters. The molecule has 0 aromatic carbocycles. The van der Waals surface area contributed by atoms with E-state index in [1.165, 1.54) is 0 Å². The van der Waals surface area contributed by atoms with E-state index in [-0.39, 0.29) is 6.61 Å². The zero-order valence-electron chi connectivity index (χ0n) is 9.03. The second kappa shape index (κ2) is 7.00. The Kier molecular flexibility index (Phi) is 5.47. The molecule has 1 heterocycles. The summed E-state index contributed by atoms with van der Waals surface area (Å²) in [7, 11) is 1.81. The second-order valence-corrected chi connectivity index (χ2v) is 3.25. The summed E-state index contributed by atoms with van der Waals surface area (Å²) in [5, 5.41) is 14.7. The maximum atomic E-state index is 8.60. The van der Waals surface area contributed by atoms with E-state index in [1.54, 1.807) is 12.4 Å². The summed E-state index contributed by atoms with van der Waals surface area (Å²) < 4.78 is 0. The highest BCUT2D eigenvalue weighted by Gasteiger charge is 1.95. The number of aliphatic hydroxyl groups excluding tert-OH is 1. The molecule has 0 radical (unpaired) electrons. The number of nitrogens with zero attached hydrogens (tertiary/aromatic N) is 2. The number of aromatic nitrogens is 2. The van der Waals surface area contributed by atoms with Gasteiger partial charge in [0.1, 0.15) is 11.6 Å². The van der Waals surface area contributed by atoms with Gasteiger partial charge in [0.2, 0.25) is 0 Å². The first-order valence-corrected chi connectivity index (χ1v) is 5.21. The van der Waals surface area contributed by atoms with Crippen molar-refractivity contribution in [2.24, 2.45) is 0 Å². The van der Waals surface area contributed by atoms with Crippen molar-refractivity contribution >= 4 is 11.6 Å². The van der Waals surface area contributed by atoms with Crippen molar-refractivity contribution < 1.29 is 5.11 Å². The van der Waals surface area contributed by atoms with Crippen LogP contribution in [-0.4, -0.2) is 35.3 Å². The van der Waals surface area contributed by atoms with Gasteiger partial charge in [0, 0.05) is 20.2 Å². The Morgan fingerprint density at radius 2 is 2.00 bits per heavy atom. The summed E-state index contributed by atoms with van der Waals surface area (Å²) in [6, 6.07) is 0. The van der Waals surface area contributed by atoms with Gasteiger partial charge in [0.15, 0.2) is 0 Å². The van der Waals surface area contributed by atoms with Crippen molar-refractivity contribution in [2.45, 2.75) is 19.3 Å². The van der Waals surface area contributed by atoms with E-state index < -0.39 is 0 Å². The number of anilines is 2. The van der Waals surface area contributed by atoms with Crippen LogP contribution >= 0.6 is 0 Å². The van der Waals surface area contributed by atoms with E-state index in [1.807, 2.05) is 7.05 Å².